The minimum atomic E-state index is -0.471. The summed E-state index contributed by atoms with van der Waals surface area (Å²) in [6.45, 7) is -0.00170. The van der Waals surface area contributed by atoms with Crippen LogP contribution in [0.25, 0.3) is 11.3 Å². The highest BCUT2D eigenvalue weighted by molar-refractivity contribution is 6.30. The van der Waals surface area contributed by atoms with Crippen molar-refractivity contribution in [3.8, 4) is 17.1 Å². The van der Waals surface area contributed by atoms with Gasteiger partial charge in [-0.1, -0.05) is 23.7 Å². The Labute approximate surface area is 136 Å². The molecule has 2 heterocycles. The first-order valence-electron chi connectivity index (χ1n) is 6.77. The van der Waals surface area contributed by atoms with Gasteiger partial charge in [-0.25, -0.2) is 13.8 Å². The van der Waals surface area contributed by atoms with E-state index in [0.29, 0.717) is 21.8 Å². The number of pyridine rings is 2. The number of halogens is 3. The topological polar surface area (TPSA) is 35.0 Å². The summed E-state index contributed by atoms with van der Waals surface area (Å²) in [6, 6.07) is 10.8. The molecule has 23 heavy (non-hydrogen) atoms. The second kappa shape index (κ2) is 6.71. The number of nitrogens with zero attached hydrogens (tertiary/aromatic N) is 2. The lowest BCUT2D eigenvalue weighted by Crippen LogP contribution is -2.00. The number of rotatable bonds is 4. The minimum Gasteiger partial charge on any atom is -0.473 e. The molecule has 0 saturated heterocycles. The fourth-order valence-electron chi connectivity index (χ4n) is 2.02. The molecule has 0 atom stereocenters. The average Bonchev–Trinajstić information content (AvgIpc) is 2.55. The maximum atomic E-state index is 13.7. The molecule has 0 aliphatic heterocycles. The van der Waals surface area contributed by atoms with Crippen molar-refractivity contribution in [3.05, 3.63) is 77.1 Å². The number of hydrogen-bond donors (Lipinski definition) is 0. The molecule has 3 aromatic rings. The van der Waals surface area contributed by atoms with Crippen LogP contribution in [0.1, 0.15) is 5.56 Å². The van der Waals surface area contributed by atoms with Crippen molar-refractivity contribution in [2.45, 2.75) is 6.61 Å². The van der Waals surface area contributed by atoms with Crippen molar-refractivity contribution in [2.75, 3.05) is 0 Å². The van der Waals surface area contributed by atoms with Gasteiger partial charge in [-0.15, -0.1) is 0 Å². The van der Waals surface area contributed by atoms with Gasteiger partial charge in [0, 0.05) is 28.4 Å². The van der Waals surface area contributed by atoms with Crippen LogP contribution in [0.15, 0.2) is 54.9 Å². The third-order valence-electron chi connectivity index (χ3n) is 3.16. The smallest absolute Gasteiger partial charge is 0.214 e. The Hall–Kier alpha value is -2.53. The summed E-state index contributed by atoms with van der Waals surface area (Å²) in [7, 11) is 0. The van der Waals surface area contributed by atoms with Crippen molar-refractivity contribution >= 4 is 11.6 Å². The van der Waals surface area contributed by atoms with Crippen molar-refractivity contribution in [3.63, 3.8) is 0 Å². The standard InChI is InChI=1S/C17H11ClF2N2O/c18-12-5-4-11(14(19)8-12)10-23-17-3-1-2-16(22-17)13-6-7-21-9-15(13)20/h1-9H,10H2. The summed E-state index contributed by atoms with van der Waals surface area (Å²) < 4.78 is 32.9. The summed E-state index contributed by atoms with van der Waals surface area (Å²) in [5.74, 6) is -0.650. The van der Waals surface area contributed by atoms with Gasteiger partial charge in [-0.05, 0) is 24.3 Å². The summed E-state index contributed by atoms with van der Waals surface area (Å²) in [4.78, 5) is 7.93. The lowest BCUT2D eigenvalue weighted by molar-refractivity contribution is 0.288. The highest BCUT2D eigenvalue weighted by atomic mass is 35.5. The quantitative estimate of drug-likeness (QED) is 0.697. The zero-order chi connectivity index (χ0) is 16.2. The van der Waals surface area contributed by atoms with Crippen molar-refractivity contribution in [2.24, 2.45) is 0 Å². The number of hydrogen-bond acceptors (Lipinski definition) is 3. The van der Waals surface area contributed by atoms with E-state index in [1.165, 1.54) is 18.3 Å². The molecule has 0 unspecified atom stereocenters. The zero-order valence-corrected chi connectivity index (χ0v) is 12.6. The lowest BCUT2D eigenvalue weighted by Gasteiger charge is -2.08. The van der Waals surface area contributed by atoms with E-state index < -0.39 is 11.6 Å². The predicted octanol–water partition coefficient (Wildman–Crippen LogP) is 4.65. The van der Waals surface area contributed by atoms with Gasteiger partial charge in [0.05, 0.1) is 11.9 Å². The molecule has 1 aromatic carbocycles. The van der Waals surface area contributed by atoms with Crippen molar-refractivity contribution in [1.29, 1.82) is 0 Å². The maximum Gasteiger partial charge on any atom is 0.214 e. The van der Waals surface area contributed by atoms with E-state index in [2.05, 4.69) is 9.97 Å². The molecule has 2 aromatic heterocycles. The Morgan fingerprint density at radius 2 is 1.91 bits per heavy atom. The van der Waals surface area contributed by atoms with E-state index in [1.807, 2.05) is 0 Å². The van der Waals surface area contributed by atoms with Crippen LogP contribution < -0.4 is 4.74 Å². The molecule has 3 rings (SSSR count). The van der Waals surface area contributed by atoms with E-state index in [-0.39, 0.29) is 12.5 Å². The van der Waals surface area contributed by atoms with Gasteiger partial charge >= 0.3 is 0 Å². The highest BCUT2D eigenvalue weighted by Gasteiger charge is 2.08. The first kappa shape index (κ1) is 15.4. The van der Waals surface area contributed by atoms with Crippen LogP contribution in [0.4, 0.5) is 8.78 Å². The minimum absolute atomic E-state index is 0.00170. The maximum absolute atomic E-state index is 13.7. The molecular formula is C17H11ClF2N2O. The SMILES string of the molecule is Fc1cc(Cl)ccc1COc1cccc(-c2ccncc2F)n1. The molecule has 0 bridgehead atoms. The van der Waals surface area contributed by atoms with E-state index in [0.717, 1.165) is 6.20 Å². The Kier molecular flexibility index (Phi) is 4.48. The Balaban J connectivity index is 1.79. The summed E-state index contributed by atoms with van der Waals surface area (Å²) >= 11 is 5.70. The molecule has 3 nitrogen and oxygen atoms in total. The summed E-state index contributed by atoms with van der Waals surface area (Å²) in [5, 5.41) is 0.319. The summed E-state index contributed by atoms with van der Waals surface area (Å²) in [6.07, 6.45) is 2.60. The number of benzene rings is 1. The van der Waals surface area contributed by atoms with E-state index in [9.17, 15) is 8.78 Å². The number of aromatic nitrogens is 2. The van der Waals surface area contributed by atoms with Crippen LogP contribution in [-0.2, 0) is 6.61 Å². The normalized spacial score (nSPS) is 10.6. The van der Waals surface area contributed by atoms with Crippen LogP contribution >= 0.6 is 11.6 Å². The van der Waals surface area contributed by atoms with E-state index in [1.54, 1.807) is 30.3 Å². The first-order chi connectivity index (χ1) is 11.1. The van der Waals surface area contributed by atoms with E-state index >= 15 is 0 Å². The van der Waals surface area contributed by atoms with Gasteiger partial charge in [0.25, 0.3) is 0 Å². The lowest BCUT2D eigenvalue weighted by atomic mass is 10.2. The Bertz CT molecular complexity index is 842. The molecule has 0 radical (unpaired) electrons. The van der Waals surface area contributed by atoms with Gasteiger partial charge in [0.2, 0.25) is 5.88 Å². The van der Waals surface area contributed by atoms with Gasteiger partial charge in [0.1, 0.15) is 12.4 Å². The molecule has 0 aliphatic rings. The van der Waals surface area contributed by atoms with Crippen LogP contribution in [0.5, 0.6) is 5.88 Å². The summed E-state index contributed by atoms with van der Waals surface area (Å²) in [5.41, 5.74) is 1.10. The van der Waals surface area contributed by atoms with Gasteiger partial charge < -0.3 is 4.74 Å². The molecule has 6 heteroatoms. The predicted molar refractivity (Wildman–Crippen MR) is 83.2 cm³/mol. The third-order valence-corrected chi connectivity index (χ3v) is 3.40. The van der Waals surface area contributed by atoms with E-state index in [4.69, 9.17) is 16.3 Å². The monoisotopic (exact) mass is 332 g/mol. The van der Waals surface area contributed by atoms with Crippen LogP contribution in [0.3, 0.4) is 0 Å². The largest absolute Gasteiger partial charge is 0.473 e. The average molecular weight is 333 g/mol. The molecular weight excluding hydrogens is 322 g/mol. The Morgan fingerprint density at radius 1 is 1.04 bits per heavy atom. The highest BCUT2D eigenvalue weighted by Crippen LogP contribution is 2.23. The second-order valence-electron chi connectivity index (χ2n) is 4.74. The van der Waals surface area contributed by atoms with Crippen LogP contribution in [-0.4, -0.2) is 9.97 Å². The van der Waals surface area contributed by atoms with Crippen molar-refractivity contribution in [1.82, 2.24) is 9.97 Å². The molecule has 0 amide bonds. The van der Waals surface area contributed by atoms with Crippen LogP contribution in [0.2, 0.25) is 5.02 Å². The number of ether oxygens (including phenoxy) is 1. The fraction of sp³-hybridized carbons (Fsp3) is 0.0588. The molecule has 0 saturated carbocycles. The fourth-order valence-corrected chi connectivity index (χ4v) is 2.18. The molecule has 116 valence electrons. The first-order valence-corrected chi connectivity index (χ1v) is 7.15. The second-order valence-corrected chi connectivity index (χ2v) is 5.18. The van der Waals surface area contributed by atoms with Gasteiger partial charge in [-0.3, -0.25) is 4.98 Å². The van der Waals surface area contributed by atoms with Gasteiger partial charge in [-0.2, -0.15) is 0 Å². The zero-order valence-electron chi connectivity index (χ0n) is 11.8. The Morgan fingerprint density at radius 3 is 2.70 bits per heavy atom. The third kappa shape index (κ3) is 3.63. The van der Waals surface area contributed by atoms with Crippen molar-refractivity contribution < 1.29 is 13.5 Å². The van der Waals surface area contributed by atoms with Crippen LogP contribution in [0, 0.1) is 11.6 Å². The molecule has 0 spiro atoms. The van der Waals surface area contributed by atoms with Gasteiger partial charge in [0.15, 0.2) is 5.82 Å². The molecule has 0 N–H and O–H groups in total. The molecule has 0 aliphatic carbocycles. The molecule has 0 fully saturated rings.